The number of alkyl halides is 3. The van der Waals surface area contributed by atoms with Crippen molar-refractivity contribution in [1.82, 2.24) is 15.3 Å². The van der Waals surface area contributed by atoms with E-state index in [1.807, 2.05) is 0 Å². The number of nitrogens with two attached hydrogens (primary N) is 1. The molecule has 0 bridgehead atoms. The molecular weight excluding hydrogens is 339 g/mol. The van der Waals surface area contributed by atoms with E-state index in [4.69, 9.17) is 10.5 Å². The zero-order valence-corrected chi connectivity index (χ0v) is 14.9. The van der Waals surface area contributed by atoms with Gasteiger partial charge in [0.25, 0.3) is 0 Å². The highest BCUT2D eigenvalue weighted by atomic mass is 19.4. The summed E-state index contributed by atoms with van der Waals surface area (Å²) in [5.74, 6) is -0.662. The summed E-state index contributed by atoms with van der Waals surface area (Å²) >= 11 is 0. The molecule has 0 fully saturated rings. The third kappa shape index (κ3) is 7.44. The van der Waals surface area contributed by atoms with Gasteiger partial charge in [0.15, 0.2) is 0 Å². The summed E-state index contributed by atoms with van der Waals surface area (Å²) in [4.78, 5) is 18.7. The van der Waals surface area contributed by atoms with Crippen molar-refractivity contribution in [3.63, 3.8) is 0 Å². The van der Waals surface area contributed by atoms with Gasteiger partial charge >= 0.3 is 12.3 Å². The Balaban J connectivity index is 2.70. The van der Waals surface area contributed by atoms with Crippen LogP contribution in [0, 0.1) is 5.41 Å². The lowest BCUT2D eigenvalue weighted by Crippen LogP contribution is -2.40. The van der Waals surface area contributed by atoms with Crippen LogP contribution in [-0.4, -0.2) is 34.8 Å². The second-order valence-corrected chi connectivity index (χ2v) is 7.36. The maximum absolute atomic E-state index is 13.0. The molecule has 0 atom stereocenters. The average molecular weight is 363 g/mol. The summed E-state index contributed by atoms with van der Waals surface area (Å²) in [6, 6.07) is 0. The molecule has 1 heterocycles. The van der Waals surface area contributed by atoms with E-state index in [0.717, 1.165) is 0 Å². The van der Waals surface area contributed by atoms with Crippen LogP contribution < -0.4 is 16.4 Å². The molecule has 4 N–H and O–H groups in total. The van der Waals surface area contributed by atoms with Crippen molar-refractivity contribution in [2.24, 2.45) is 5.41 Å². The van der Waals surface area contributed by atoms with Crippen molar-refractivity contribution in [2.45, 2.75) is 46.4 Å². The van der Waals surface area contributed by atoms with Crippen LogP contribution >= 0.6 is 0 Å². The third-order valence-electron chi connectivity index (χ3n) is 2.96. The molecule has 1 rings (SSSR count). The zero-order valence-electron chi connectivity index (χ0n) is 14.9. The van der Waals surface area contributed by atoms with Gasteiger partial charge in [0.2, 0.25) is 5.95 Å². The lowest BCUT2D eigenvalue weighted by molar-refractivity contribution is -0.137. The van der Waals surface area contributed by atoms with Gasteiger partial charge in [-0.25, -0.2) is 9.78 Å². The van der Waals surface area contributed by atoms with Crippen LogP contribution in [0.25, 0.3) is 0 Å². The molecule has 142 valence electrons. The first-order chi connectivity index (χ1) is 11.2. The van der Waals surface area contributed by atoms with Crippen LogP contribution in [0.4, 0.5) is 29.7 Å². The Bertz CT molecular complexity index is 612. The van der Waals surface area contributed by atoms with Crippen LogP contribution in [0.3, 0.4) is 0 Å². The number of amides is 1. The number of halogens is 3. The fourth-order valence-corrected chi connectivity index (χ4v) is 1.75. The summed E-state index contributed by atoms with van der Waals surface area (Å²) in [7, 11) is 0. The van der Waals surface area contributed by atoms with Gasteiger partial charge in [-0.2, -0.15) is 18.2 Å². The molecule has 0 spiro atoms. The number of anilines is 2. The topological polar surface area (TPSA) is 102 Å². The molecule has 7 nitrogen and oxygen atoms in total. The van der Waals surface area contributed by atoms with Crippen molar-refractivity contribution in [3.8, 4) is 0 Å². The Hall–Kier alpha value is -2.26. The number of nitrogen functional groups attached to an aromatic ring is 1. The largest absolute Gasteiger partial charge is 0.444 e. The van der Waals surface area contributed by atoms with Crippen LogP contribution in [0.5, 0.6) is 0 Å². The van der Waals surface area contributed by atoms with Crippen molar-refractivity contribution >= 4 is 17.9 Å². The van der Waals surface area contributed by atoms with Crippen molar-refractivity contribution in [2.75, 3.05) is 24.1 Å². The molecule has 0 radical (unpaired) electrons. The Morgan fingerprint density at radius 2 is 1.80 bits per heavy atom. The molecule has 0 aliphatic rings. The molecule has 25 heavy (non-hydrogen) atoms. The zero-order chi connectivity index (χ0) is 19.5. The van der Waals surface area contributed by atoms with E-state index in [1.54, 1.807) is 34.6 Å². The van der Waals surface area contributed by atoms with Crippen molar-refractivity contribution in [1.29, 1.82) is 0 Å². The number of nitrogens with one attached hydrogen (secondary N) is 2. The Labute approximate surface area is 144 Å². The van der Waals surface area contributed by atoms with Gasteiger partial charge in [-0.15, -0.1) is 0 Å². The molecule has 0 saturated heterocycles. The summed E-state index contributed by atoms with van der Waals surface area (Å²) in [5.41, 5.74) is 3.16. The van der Waals surface area contributed by atoms with E-state index in [2.05, 4.69) is 20.6 Å². The molecule has 1 aromatic rings. The highest BCUT2D eigenvalue weighted by molar-refractivity contribution is 5.67. The van der Waals surface area contributed by atoms with Crippen molar-refractivity contribution in [3.05, 3.63) is 11.8 Å². The predicted octanol–water partition coefficient (Wildman–Crippen LogP) is 3.04. The number of carbonyl (C=O) groups is 1. The number of hydrogen-bond acceptors (Lipinski definition) is 6. The smallest absolute Gasteiger partial charge is 0.421 e. The van der Waals surface area contributed by atoms with Gasteiger partial charge in [0.05, 0.1) is 0 Å². The first-order valence-electron chi connectivity index (χ1n) is 7.60. The minimum Gasteiger partial charge on any atom is -0.444 e. The Morgan fingerprint density at radius 1 is 1.20 bits per heavy atom. The minimum absolute atomic E-state index is 0.113. The Kier molecular flexibility index (Phi) is 6.09. The van der Waals surface area contributed by atoms with E-state index < -0.39 is 34.7 Å². The fraction of sp³-hybridized carbons (Fsp3) is 0.667. The molecule has 0 aliphatic carbocycles. The van der Waals surface area contributed by atoms with Gasteiger partial charge < -0.3 is 21.1 Å². The molecule has 0 aliphatic heterocycles. The number of alkyl carbamates (subject to hydrolysis) is 1. The molecular formula is C15H24F3N5O2. The molecule has 0 aromatic carbocycles. The number of hydrogen-bond donors (Lipinski definition) is 3. The van der Waals surface area contributed by atoms with E-state index in [1.165, 1.54) is 0 Å². The first kappa shape index (κ1) is 20.8. The van der Waals surface area contributed by atoms with Crippen LogP contribution in [0.15, 0.2) is 6.20 Å². The number of carbonyl (C=O) groups excluding carboxylic acids is 1. The number of nitrogens with zero attached hydrogens (tertiary/aromatic N) is 2. The van der Waals surface area contributed by atoms with Crippen LogP contribution in [-0.2, 0) is 10.9 Å². The second kappa shape index (κ2) is 7.32. The van der Waals surface area contributed by atoms with E-state index in [9.17, 15) is 18.0 Å². The van der Waals surface area contributed by atoms with Crippen molar-refractivity contribution < 1.29 is 22.7 Å². The van der Waals surface area contributed by atoms with Crippen LogP contribution in [0.1, 0.15) is 40.2 Å². The standard InChI is InChI=1S/C15H24F3N5O2/c1-13(2,3)25-12(24)22-8-14(4,5)7-21-10-9(15(16,17)18)6-20-11(19)23-10/h6H,7-8H2,1-5H3,(H,22,24)(H3,19,20,21,23). The summed E-state index contributed by atoms with van der Waals surface area (Å²) < 4.78 is 44.1. The predicted molar refractivity (Wildman–Crippen MR) is 88.0 cm³/mol. The summed E-state index contributed by atoms with van der Waals surface area (Å²) in [6.07, 6.45) is -4.56. The van der Waals surface area contributed by atoms with Gasteiger partial charge in [-0.1, -0.05) is 13.8 Å². The molecule has 0 saturated carbocycles. The molecule has 10 heteroatoms. The fourth-order valence-electron chi connectivity index (χ4n) is 1.75. The monoisotopic (exact) mass is 363 g/mol. The number of ether oxygens (including phenoxy) is 1. The number of rotatable bonds is 5. The summed E-state index contributed by atoms with van der Waals surface area (Å²) in [6.45, 7) is 9.05. The van der Waals surface area contributed by atoms with Gasteiger partial charge in [-0.05, 0) is 26.2 Å². The maximum Gasteiger partial charge on any atom is 0.421 e. The lowest BCUT2D eigenvalue weighted by Gasteiger charge is -2.27. The SMILES string of the molecule is CC(C)(CNC(=O)OC(C)(C)C)CNc1nc(N)ncc1C(F)(F)F. The normalized spacial score (nSPS) is 12.6. The Morgan fingerprint density at radius 3 is 2.32 bits per heavy atom. The minimum atomic E-state index is -4.60. The van der Waals surface area contributed by atoms with E-state index in [-0.39, 0.29) is 19.0 Å². The lowest BCUT2D eigenvalue weighted by atomic mass is 9.93. The molecule has 1 amide bonds. The van der Waals surface area contributed by atoms with E-state index in [0.29, 0.717) is 6.20 Å². The third-order valence-corrected chi connectivity index (χ3v) is 2.96. The maximum atomic E-state index is 13.0. The molecule has 1 aromatic heterocycles. The van der Waals surface area contributed by atoms with Crippen LogP contribution in [0.2, 0.25) is 0 Å². The van der Waals surface area contributed by atoms with E-state index >= 15 is 0 Å². The van der Waals surface area contributed by atoms with Gasteiger partial charge in [-0.3, -0.25) is 0 Å². The highest BCUT2D eigenvalue weighted by Gasteiger charge is 2.35. The van der Waals surface area contributed by atoms with Gasteiger partial charge in [0.1, 0.15) is 17.0 Å². The summed E-state index contributed by atoms with van der Waals surface area (Å²) in [5, 5.41) is 5.22. The first-order valence-corrected chi connectivity index (χ1v) is 7.60. The highest BCUT2D eigenvalue weighted by Crippen LogP contribution is 2.33. The number of aromatic nitrogens is 2. The average Bonchev–Trinajstić information content (AvgIpc) is 2.40. The quantitative estimate of drug-likeness (QED) is 0.743. The molecule has 0 unspecified atom stereocenters. The second-order valence-electron chi connectivity index (χ2n) is 7.36. The van der Waals surface area contributed by atoms with Gasteiger partial charge in [0, 0.05) is 19.3 Å².